The van der Waals surface area contributed by atoms with Crippen LogP contribution in [0.15, 0.2) is 36.4 Å². The highest BCUT2D eigenvalue weighted by molar-refractivity contribution is 6.17. The van der Waals surface area contributed by atoms with Gasteiger partial charge in [0.1, 0.15) is 5.69 Å². The molecule has 1 aromatic carbocycles. The molecule has 0 aliphatic rings. The average Bonchev–Trinajstić information content (AvgIpc) is 2.68. The number of ether oxygens (including phenoxy) is 1. The number of aryl methyl sites for hydroxylation is 1. The zero-order valence-corrected chi connectivity index (χ0v) is 16.7. The second kappa shape index (κ2) is 9.85. The fourth-order valence-corrected chi connectivity index (χ4v) is 2.46. The van der Waals surface area contributed by atoms with E-state index in [-0.39, 0.29) is 28.9 Å². The van der Waals surface area contributed by atoms with E-state index >= 15 is 0 Å². The van der Waals surface area contributed by atoms with Gasteiger partial charge in [-0.1, -0.05) is 24.6 Å². The normalized spacial score (nSPS) is 11.4. The maximum Gasteiger partial charge on any atom is 0.339 e. The number of anilines is 1. The third kappa shape index (κ3) is 5.53. The van der Waals surface area contributed by atoms with Crippen LogP contribution in [0.4, 0.5) is 5.69 Å². The van der Waals surface area contributed by atoms with E-state index in [1.165, 1.54) is 6.07 Å². The molecular weight excluding hydrogens is 382 g/mol. The van der Waals surface area contributed by atoms with Crippen LogP contribution in [-0.4, -0.2) is 34.9 Å². The molecule has 0 spiro atoms. The number of nitrogens with zero attached hydrogens (tertiary/aromatic N) is 1. The fourth-order valence-electron chi connectivity index (χ4n) is 2.36. The molecule has 0 bridgehead atoms. The molecule has 1 aromatic heterocycles. The lowest BCUT2D eigenvalue weighted by Gasteiger charge is -2.14. The van der Waals surface area contributed by atoms with Crippen molar-refractivity contribution in [2.45, 2.75) is 33.2 Å². The predicted molar refractivity (Wildman–Crippen MR) is 107 cm³/mol. The van der Waals surface area contributed by atoms with Crippen molar-refractivity contribution < 1.29 is 19.1 Å². The topological polar surface area (TPSA) is 97.4 Å². The summed E-state index contributed by atoms with van der Waals surface area (Å²) in [5.74, 6) is -1.52. The number of hydrogen-bond donors (Lipinski definition) is 2. The summed E-state index contributed by atoms with van der Waals surface area (Å²) in [6.07, 6.45) is 0.754. The highest BCUT2D eigenvalue weighted by atomic mass is 35.5. The summed E-state index contributed by atoms with van der Waals surface area (Å²) in [6.45, 7) is 5.57. The Morgan fingerprint density at radius 3 is 2.61 bits per heavy atom. The average molecular weight is 404 g/mol. The third-order valence-electron chi connectivity index (χ3n) is 4.03. The lowest BCUT2D eigenvalue weighted by Crippen LogP contribution is -2.34. The van der Waals surface area contributed by atoms with E-state index in [1.54, 1.807) is 37.3 Å². The van der Waals surface area contributed by atoms with E-state index in [4.69, 9.17) is 16.3 Å². The van der Waals surface area contributed by atoms with Crippen molar-refractivity contribution in [1.82, 2.24) is 10.3 Å². The monoisotopic (exact) mass is 403 g/mol. The number of rotatable bonds is 7. The van der Waals surface area contributed by atoms with E-state index in [0.717, 1.165) is 6.42 Å². The number of pyridine rings is 1. The van der Waals surface area contributed by atoms with Gasteiger partial charge in [-0.15, -0.1) is 0 Å². The van der Waals surface area contributed by atoms with Gasteiger partial charge in [0.05, 0.1) is 11.1 Å². The molecule has 2 aromatic rings. The number of benzene rings is 1. The summed E-state index contributed by atoms with van der Waals surface area (Å²) in [5.41, 5.74) is 1.44. The standard InChI is InChI=1S/C20H22ClN3O4/c1-4-12(2)23-19(26)17-16(9-8-13(3)22-17)18(25)24-15-7-5-6-14(10-15)20(27)28-11-21/h5-10,12H,4,11H2,1-3H3,(H,23,26)(H,24,25). The highest BCUT2D eigenvalue weighted by Gasteiger charge is 2.20. The molecule has 0 aliphatic heterocycles. The molecule has 148 valence electrons. The molecule has 7 nitrogen and oxygen atoms in total. The maximum atomic E-state index is 12.7. The van der Waals surface area contributed by atoms with Crippen LogP contribution in [-0.2, 0) is 4.74 Å². The molecule has 0 radical (unpaired) electrons. The van der Waals surface area contributed by atoms with Crippen molar-refractivity contribution >= 4 is 35.1 Å². The van der Waals surface area contributed by atoms with E-state index in [9.17, 15) is 14.4 Å². The number of nitrogens with one attached hydrogen (secondary N) is 2. The third-order valence-corrected chi connectivity index (χ3v) is 4.13. The smallest absolute Gasteiger partial charge is 0.339 e. The second-order valence-electron chi connectivity index (χ2n) is 6.21. The Kier molecular flexibility index (Phi) is 7.52. The molecule has 2 rings (SSSR count). The molecule has 1 atom stereocenters. The minimum Gasteiger partial charge on any atom is -0.446 e. The highest BCUT2D eigenvalue weighted by Crippen LogP contribution is 2.15. The first-order valence-electron chi connectivity index (χ1n) is 8.78. The number of carbonyl (C=O) groups is 3. The lowest BCUT2D eigenvalue weighted by molar-refractivity contribution is 0.0574. The van der Waals surface area contributed by atoms with Crippen molar-refractivity contribution in [3.8, 4) is 0 Å². The van der Waals surface area contributed by atoms with Crippen LogP contribution >= 0.6 is 11.6 Å². The number of halogens is 1. The molecule has 2 N–H and O–H groups in total. The van der Waals surface area contributed by atoms with Gasteiger partial charge in [-0.3, -0.25) is 9.59 Å². The van der Waals surface area contributed by atoms with Crippen molar-refractivity contribution in [2.24, 2.45) is 0 Å². The predicted octanol–water partition coefficient (Wildman–Crippen LogP) is 3.52. The quantitative estimate of drug-likeness (QED) is 0.544. The van der Waals surface area contributed by atoms with Crippen molar-refractivity contribution in [3.63, 3.8) is 0 Å². The largest absolute Gasteiger partial charge is 0.446 e. The zero-order chi connectivity index (χ0) is 20.7. The molecule has 28 heavy (non-hydrogen) atoms. The van der Waals surface area contributed by atoms with Crippen LogP contribution in [0, 0.1) is 6.92 Å². The van der Waals surface area contributed by atoms with Crippen LogP contribution in [0.5, 0.6) is 0 Å². The Labute approximate surface area is 168 Å². The number of aromatic nitrogens is 1. The van der Waals surface area contributed by atoms with Gasteiger partial charge >= 0.3 is 5.97 Å². The van der Waals surface area contributed by atoms with Crippen LogP contribution in [0.2, 0.25) is 0 Å². The Morgan fingerprint density at radius 1 is 1.18 bits per heavy atom. The summed E-state index contributed by atoms with van der Waals surface area (Å²) in [7, 11) is 0. The first-order valence-corrected chi connectivity index (χ1v) is 9.32. The van der Waals surface area contributed by atoms with Crippen LogP contribution in [0.3, 0.4) is 0 Å². The van der Waals surface area contributed by atoms with Crippen LogP contribution in [0.1, 0.15) is 57.2 Å². The summed E-state index contributed by atoms with van der Waals surface area (Å²) in [5, 5.41) is 5.49. The molecule has 0 aliphatic carbocycles. The zero-order valence-electron chi connectivity index (χ0n) is 15.9. The molecule has 2 amide bonds. The van der Waals surface area contributed by atoms with Gasteiger partial charge in [0.2, 0.25) is 0 Å². The van der Waals surface area contributed by atoms with Gasteiger partial charge in [0, 0.05) is 17.4 Å². The molecule has 0 saturated carbocycles. The Balaban J connectivity index is 2.26. The molecule has 0 saturated heterocycles. The van der Waals surface area contributed by atoms with Gasteiger partial charge in [0.25, 0.3) is 11.8 Å². The van der Waals surface area contributed by atoms with Crippen LogP contribution < -0.4 is 10.6 Å². The molecule has 1 unspecified atom stereocenters. The SMILES string of the molecule is CCC(C)NC(=O)c1nc(C)ccc1C(=O)Nc1cccc(C(=O)OCCl)c1. The molecule has 0 fully saturated rings. The Morgan fingerprint density at radius 2 is 1.93 bits per heavy atom. The van der Waals surface area contributed by atoms with Gasteiger partial charge in [-0.05, 0) is 50.6 Å². The van der Waals surface area contributed by atoms with Gasteiger partial charge in [-0.2, -0.15) is 0 Å². The number of carbonyl (C=O) groups excluding carboxylic acids is 3. The Hall–Kier alpha value is -2.93. The summed E-state index contributed by atoms with van der Waals surface area (Å²) in [6, 6.07) is 9.13. The molecular formula is C20H22ClN3O4. The second-order valence-corrected chi connectivity index (χ2v) is 6.43. The maximum absolute atomic E-state index is 12.7. The number of esters is 1. The summed E-state index contributed by atoms with van der Waals surface area (Å²) >= 11 is 5.40. The van der Waals surface area contributed by atoms with Crippen molar-refractivity contribution in [2.75, 3.05) is 11.4 Å². The summed E-state index contributed by atoms with van der Waals surface area (Å²) < 4.78 is 4.73. The summed E-state index contributed by atoms with van der Waals surface area (Å²) in [4.78, 5) is 41.3. The van der Waals surface area contributed by atoms with E-state index in [1.807, 2.05) is 13.8 Å². The number of alkyl halides is 1. The first kappa shape index (κ1) is 21.4. The minimum absolute atomic E-state index is 0.0460. The molecule has 1 heterocycles. The van der Waals surface area contributed by atoms with Gasteiger partial charge in [0.15, 0.2) is 6.07 Å². The van der Waals surface area contributed by atoms with Crippen molar-refractivity contribution in [3.05, 3.63) is 58.9 Å². The number of hydrogen-bond acceptors (Lipinski definition) is 5. The van der Waals surface area contributed by atoms with E-state index < -0.39 is 17.8 Å². The van der Waals surface area contributed by atoms with E-state index in [2.05, 4.69) is 15.6 Å². The van der Waals surface area contributed by atoms with Crippen molar-refractivity contribution in [1.29, 1.82) is 0 Å². The van der Waals surface area contributed by atoms with Gasteiger partial charge in [-0.25, -0.2) is 9.78 Å². The first-order chi connectivity index (χ1) is 13.3. The van der Waals surface area contributed by atoms with Crippen LogP contribution in [0.25, 0.3) is 0 Å². The number of amides is 2. The lowest BCUT2D eigenvalue weighted by atomic mass is 10.1. The Bertz CT molecular complexity index is 886. The van der Waals surface area contributed by atoms with E-state index in [0.29, 0.717) is 11.4 Å². The van der Waals surface area contributed by atoms with Gasteiger partial charge < -0.3 is 15.4 Å². The fraction of sp³-hybridized carbons (Fsp3) is 0.300. The minimum atomic E-state index is -0.600. The molecule has 8 heteroatoms.